The number of hydrogen-bond acceptors (Lipinski definition) is 4. The Morgan fingerprint density at radius 2 is 1.92 bits per heavy atom. The molecule has 0 saturated carbocycles. The largest absolute Gasteiger partial charge is 0.366 e. The average Bonchev–Trinajstić information content (AvgIpc) is 3.07. The molecule has 2 aromatic heterocycles. The number of anilines is 1. The van der Waals surface area contributed by atoms with Gasteiger partial charge in [-0.2, -0.15) is 5.10 Å². The molecule has 6 nitrogen and oxygen atoms in total. The van der Waals surface area contributed by atoms with E-state index in [1.54, 1.807) is 0 Å². The maximum absolute atomic E-state index is 12.7. The van der Waals surface area contributed by atoms with E-state index in [9.17, 15) is 4.79 Å². The van der Waals surface area contributed by atoms with E-state index >= 15 is 0 Å². The van der Waals surface area contributed by atoms with Crippen LogP contribution in [0.2, 0.25) is 0 Å². The second-order valence-electron chi connectivity index (χ2n) is 6.86. The fourth-order valence-corrected chi connectivity index (χ4v) is 3.48. The molecule has 1 aromatic carbocycles. The van der Waals surface area contributed by atoms with E-state index in [1.807, 2.05) is 46.9 Å². The summed E-state index contributed by atoms with van der Waals surface area (Å²) < 4.78 is 2.03. The fraction of sp³-hybridized carbons (Fsp3) is 0.350. The molecule has 4 rings (SSSR count). The number of nitrogens with zero attached hydrogens (tertiary/aromatic N) is 4. The molecule has 26 heavy (non-hydrogen) atoms. The number of rotatable bonds is 4. The van der Waals surface area contributed by atoms with E-state index < -0.39 is 0 Å². The molecule has 1 amide bonds. The Labute approximate surface area is 152 Å². The number of nitrogens with one attached hydrogen (secondary N) is 1. The van der Waals surface area contributed by atoms with Crippen LogP contribution in [0.15, 0.2) is 48.7 Å². The standard InChI is InChI=1S/C20H23N5O/c1-15-6-7-19(23-22-15)21-17-9-12-24(13-10-17)20(26)14-25-11-8-16-4-2-3-5-18(16)25/h2-8,11,17H,9-10,12-14H2,1H3,(H,21,23). The van der Waals surface area contributed by atoms with Crippen molar-refractivity contribution in [3.63, 3.8) is 0 Å². The zero-order chi connectivity index (χ0) is 17.9. The summed E-state index contributed by atoms with van der Waals surface area (Å²) in [4.78, 5) is 14.6. The number of fused-ring (bicyclic) bond motifs is 1. The first-order chi connectivity index (χ1) is 12.7. The minimum absolute atomic E-state index is 0.180. The van der Waals surface area contributed by atoms with Gasteiger partial charge in [0, 0.05) is 30.8 Å². The van der Waals surface area contributed by atoms with Crippen LogP contribution in [0.4, 0.5) is 5.82 Å². The fourth-order valence-electron chi connectivity index (χ4n) is 3.48. The summed E-state index contributed by atoms with van der Waals surface area (Å²) in [5.41, 5.74) is 2.02. The third-order valence-corrected chi connectivity index (χ3v) is 4.98. The normalized spacial score (nSPS) is 15.3. The molecule has 0 unspecified atom stereocenters. The smallest absolute Gasteiger partial charge is 0.242 e. The Kier molecular flexibility index (Phi) is 4.56. The summed E-state index contributed by atoms with van der Waals surface area (Å²) in [7, 11) is 0. The quantitative estimate of drug-likeness (QED) is 0.787. The molecule has 0 atom stereocenters. The molecule has 3 aromatic rings. The summed E-state index contributed by atoms with van der Waals surface area (Å²) in [6.07, 6.45) is 3.84. The number of carbonyl (C=O) groups is 1. The van der Waals surface area contributed by atoms with Crippen LogP contribution in [0.3, 0.4) is 0 Å². The first kappa shape index (κ1) is 16.6. The molecule has 1 aliphatic heterocycles. The lowest BCUT2D eigenvalue weighted by atomic mass is 10.0. The van der Waals surface area contributed by atoms with Gasteiger partial charge >= 0.3 is 0 Å². The van der Waals surface area contributed by atoms with Gasteiger partial charge < -0.3 is 14.8 Å². The number of carbonyl (C=O) groups excluding carboxylic acids is 1. The van der Waals surface area contributed by atoms with Crippen molar-refractivity contribution in [3.8, 4) is 0 Å². The number of aryl methyl sites for hydroxylation is 1. The highest BCUT2D eigenvalue weighted by Crippen LogP contribution is 2.18. The predicted molar refractivity (Wildman–Crippen MR) is 102 cm³/mol. The Morgan fingerprint density at radius 3 is 2.69 bits per heavy atom. The molecule has 134 valence electrons. The lowest BCUT2D eigenvalue weighted by molar-refractivity contribution is -0.132. The van der Waals surface area contributed by atoms with Crippen molar-refractivity contribution in [1.82, 2.24) is 19.7 Å². The highest BCUT2D eigenvalue weighted by atomic mass is 16.2. The number of amides is 1. The topological polar surface area (TPSA) is 63.1 Å². The number of aromatic nitrogens is 3. The van der Waals surface area contributed by atoms with Gasteiger partial charge in [0.1, 0.15) is 12.4 Å². The van der Waals surface area contributed by atoms with E-state index in [0.29, 0.717) is 12.6 Å². The molecule has 1 saturated heterocycles. The molecule has 3 heterocycles. The van der Waals surface area contributed by atoms with Gasteiger partial charge in [-0.05, 0) is 49.4 Å². The molecule has 0 bridgehead atoms. The summed E-state index contributed by atoms with van der Waals surface area (Å²) in [5, 5.41) is 12.8. The van der Waals surface area contributed by atoms with Gasteiger partial charge in [-0.25, -0.2) is 0 Å². The second kappa shape index (κ2) is 7.15. The van der Waals surface area contributed by atoms with Crippen LogP contribution in [-0.2, 0) is 11.3 Å². The van der Waals surface area contributed by atoms with E-state index in [1.165, 1.54) is 5.39 Å². The number of piperidine rings is 1. The van der Waals surface area contributed by atoms with Gasteiger partial charge in [-0.1, -0.05) is 18.2 Å². The van der Waals surface area contributed by atoms with Crippen LogP contribution in [0, 0.1) is 6.92 Å². The summed E-state index contributed by atoms with van der Waals surface area (Å²) in [5.74, 6) is 0.985. The average molecular weight is 349 g/mol. The summed E-state index contributed by atoms with van der Waals surface area (Å²) >= 11 is 0. The van der Waals surface area contributed by atoms with Gasteiger partial charge in [-0.3, -0.25) is 4.79 Å². The van der Waals surface area contributed by atoms with Crippen LogP contribution in [-0.4, -0.2) is 44.7 Å². The van der Waals surface area contributed by atoms with Crippen LogP contribution in [0.5, 0.6) is 0 Å². The van der Waals surface area contributed by atoms with Crippen LogP contribution < -0.4 is 5.32 Å². The molecule has 0 aliphatic carbocycles. The zero-order valence-corrected chi connectivity index (χ0v) is 14.9. The van der Waals surface area contributed by atoms with Crippen molar-refractivity contribution >= 4 is 22.6 Å². The Morgan fingerprint density at radius 1 is 1.12 bits per heavy atom. The van der Waals surface area contributed by atoms with Crippen molar-refractivity contribution in [3.05, 3.63) is 54.4 Å². The Hall–Kier alpha value is -2.89. The molecular formula is C20H23N5O. The van der Waals surface area contributed by atoms with E-state index in [0.717, 1.165) is 43.0 Å². The van der Waals surface area contributed by atoms with Crippen molar-refractivity contribution in [2.75, 3.05) is 18.4 Å². The molecule has 1 fully saturated rings. The minimum atomic E-state index is 0.180. The number of likely N-dealkylation sites (tertiary alicyclic amines) is 1. The molecule has 0 radical (unpaired) electrons. The van der Waals surface area contributed by atoms with Crippen LogP contribution >= 0.6 is 0 Å². The molecule has 1 aliphatic rings. The summed E-state index contributed by atoms with van der Waals surface area (Å²) in [6, 6.07) is 14.5. The van der Waals surface area contributed by atoms with Crippen LogP contribution in [0.1, 0.15) is 18.5 Å². The highest BCUT2D eigenvalue weighted by molar-refractivity contribution is 5.83. The maximum atomic E-state index is 12.7. The van der Waals surface area contributed by atoms with Crippen molar-refractivity contribution < 1.29 is 4.79 Å². The zero-order valence-electron chi connectivity index (χ0n) is 14.9. The monoisotopic (exact) mass is 349 g/mol. The maximum Gasteiger partial charge on any atom is 0.242 e. The first-order valence-corrected chi connectivity index (χ1v) is 9.07. The third-order valence-electron chi connectivity index (χ3n) is 4.98. The van der Waals surface area contributed by atoms with Crippen molar-refractivity contribution in [2.45, 2.75) is 32.4 Å². The van der Waals surface area contributed by atoms with Crippen molar-refractivity contribution in [2.24, 2.45) is 0 Å². The first-order valence-electron chi connectivity index (χ1n) is 9.07. The second-order valence-corrected chi connectivity index (χ2v) is 6.86. The van der Waals surface area contributed by atoms with Gasteiger partial charge in [0.25, 0.3) is 0 Å². The third kappa shape index (κ3) is 3.54. The SMILES string of the molecule is Cc1ccc(NC2CCN(C(=O)Cn3ccc4ccccc43)CC2)nn1. The van der Waals surface area contributed by atoms with E-state index in [-0.39, 0.29) is 5.91 Å². The lowest BCUT2D eigenvalue weighted by Gasteiger charge is -2.32. The van der Waals surface area contributed by atoms with Gasteiger partial charge in [-0.15, -0.1) is 5.10 Å². The number of hydrogen-bond donors (Lipinski definition) is 1. The van der Waals surface area contributed by atoms with Gasteiger partial charge in [0.05, 0.1) is 5.69 Å². The van der Waals surface area contributed by atoms with Crippen molar-refractivity contribution in [1.29, 1.82) is 0 Å². The van der Waals surface area contributed by atoms with E-state index in [2.05, 4.69) is 33.7 Å². The molecule has 1 N–H and O–H groups in total. The van der Waals surface area contributed by atoms with Crippen LogP contribution in [0.25, 0.3) is 10.9 Å². The van der Waals surface area contributed by atoms with Gasteiger partial charge in [0.2, 0.25) is 5.91 Å². The van der Waals surface area contributed by atoms with Gasteiger partial charge in [0.15, 0.2) is 0 Å². The predicted octanol–water partition coefficient (Wildman–Crippen LogP) is 2.84. The lowest BCUT2D eigenvalue weighted by Crippen LogP contribution is -2.43. The highest BCUT2D eigenvalue weighted by Gasteiger charge is 2.23. The Balaban J connectivity index is 1.32. The van der Waals surface area contributed by atoms with E-state index in [4.69, 9.17) is 0 Å². The molecular weight excluding hydrogens is 326 g/mol. The number of benzene rings is 1. The minimum Gasteiger partial charge on any atom is -0.366 e. The number of para-hydroxylation sites is 1. The molecule has 6 heteroatoms. The Bertz CT molecular complexity index is 894. The molecule has 0 spiro atoms. The summed E-state index contributed by atoms with van der Waals surface area (Å²) in [6.45, 7) is 3.87.